The minimum atomic E-state index is -6.48. The lowest BCUT2D eigenvalue weighted by Crippen LogP contribution is -2.18. The van der Waals surface area contributed by atoms with Crippen LogP contribution in [-0.2, 0) is 22.5 Å². The van der Waals surface area contributed by atoms with Crippen molar-refractivity contribution in [2.45, 2.75) is 17.9 Å². The van der Waals surface area contributed by atoms with Crippen molar-refractivity contribution < 1.29 is 46.0 Å². The van der Waals surface area contributed by atoms with Crippen LogP contribution in [0.15, 0.2) is 23.3 Å². The van der Waals surface area contributed by atoms with Crippen LogP contribution >= 0.6 is 22.7 Å². The summed E-state index contributed by atoms with van der Waals surface area (Å²) in [5.41, 5.74) is 5.22. The van der Waals surface area contributed by atoms with E-state index >= 15 is 0 Å². The van der Waals surface area contributed by atoms with E-state index in [4.69, 9.17) is 23.1 Å². The number of alkyl halides is 2. The summed E-state index contributed by atoms with van der Waals surface area (Å²) in [5, 5.41) is -5.55. The highest BCUT2D eigenvalue weighted by atomic mass is 31.3. The van der Waals surface area contributed by atoms with Crippen molar-refractivity contribution in [2.24, 2.45) is 5.92 Å². The third-order valence-corrected chi connectivity index (χ3v) is 9.57. The second-order valence-electron chi connectivity index (χ2n) is 6.71. The number of allylic oxidation sites excluding steroid dienone is 1. The van der Waals surface area contributed by atoms with Crippen LogP contribution in [0.1, 0.15) is 12.5 Å². The lowest BCUT2D eigenvalue weighted by molar-refractivity contribution is 0.106. The number of aromatic nitrogens is 4. The molecule has 175 valence electrons. The summed E-state index contributed by atoms with van der Waals surface area (Å²) < 4.78 is 71.2. The van der Waals surface area contributed by atoms with E-state index in [9.17, 15) is 32.2 Å². The summed E-state index contributed by atoms with van der Waals surface area (Å²) in [6, 6.07) is -0.414. The molecule has 0 aliphatic heterocycles. The number of halogens is 2. The normalized spacial score (nSPS) is 23.3. The van der Waals surface area contributed by atoms with E-state index in [1.165, 1.54) is 10.9 Å². The Bertz CT molecular complexity index is 1280. The van der Waals surface area contributed by atoms with Gasteiger partial charge in [0.15, 0.2) is 11.2 Å². The molecule has 0 saturated carbocycles. The third-order valence-electron chi connectivity index (χ3n) is 4.34. The van der Waals surface area contributed by atoms with Gasteiger partial charge in [0, 0.05) is 5.92 Å². The SMILES string of the molecule is [B-][P@](=O)(OC[C@@H]1C=C[C@H](n2cnc3c(=O)[nH]c(N)nc32)C1)OP(=O)(O)C(F)(F)P(=O)(O)O. The second-order valence-corrected chi connectivity index (χ2v) is 12.3. The Morgan fingerprint density at radius 1 is 1.31 bits per heavy atom. The molecule has 4 atom stereocenters. The summed E-state index contributed by atoms with van der Waals surface area (Å²) in [4.78, 5) is 48.4. The predicted molar refractivity (Wildman–Crippen MR) is 106 cm³/mol. The first-order valence-electron chi connectivity index (χ1n) is 8.45. The number of hydrogen-bond donors (Lipinski definition) is 5. The van der Waals surface area contributed by atoms with Crippen LogP contribution in [0.2, 0.25) is 0 Å². The Kier molecular flexibility index (Phi) is 6.44. The zero-order valence-corrected chi connectivity index (χ0v) is 18.4. The average Bonchev–Trinajstić information content (AvgIpc) is 3.24. The van der Waals surface area contributed by atoms with E-state index in [2.05, 4.69) is 23.8 Å². The van der Waals surface area contributed by atoms with E-state index in [1.807, 2.05) is 0 Å². The second kappa shape index (κ2) is 8.26. The number of H-pyrrole nitrogens is 1. The standard InChI is InChI=1S/C12H15BF2N5O9P3/c13-32(27,29-31(25,26)12(14,15)30(22,23)24)28-4-6-1-2-7(3-6)20-5-17-8-9(20)18-11(16)19-10(8)21/h1-2,5-7H,3-4H2,(H,25,26)(H2,22,23,24)(H3,16,18,19,21)/q-1/t6-,7+,32+/m1/s1. The minimum absolute atomic E-state index is 0.0387. The molecule has 0 fully saturated rings. The lowest BCUT2D eigenvalue weighted by atomic mass is 10.1. The van der Waals surface area contributed by atoms with Gasteiger partial charge in [-0.25, -0.2) is 4.98 Å². The number of rotatable bonds is 8. The molecule has 0 amide bonds. The van der Waals surface area contributed by atoms with Crippen molar-refractivity contribution in [3.63, 3.8) is 0 Å². The summed E-state index contributed by atoms with van der Waals surface area (Å²) in [5.74, 6) is -0.675. The Balaban J connectivity index is 1.66. The molecule has 20 heteroatoms. The Labute approximate surface area is 178 Å². The number of anilines is 1. The Morgan fingerprint density at radius 3 is 2.59 bits per heavy atom. The zero-order chi connectivity index (χ0) is 24.1. The maximum atomic E-state index is 13.5. The largest absolute Gasteiger partial charge is 0.444 e. The molecular formula is C12H15BF2N5O9P3-. The smallest absolute Gasteiger partial charge is 0.443 e. The molecule has 1 aliphatic carbocycles. The Morgan fingerprint density at radius 2 is 1.97 bits per heavy atom. The molecule has 3 rings (SSSR count). The van der Waals surface area contributed by atoms with Gasteiger partial charge in [0.05, 0.1) is 26.5 Å². The molecule has 32 heavy (non-hydrogen) atoms. The van der Waals surface area contributed by atoms with Crippen molar-refractivity contribution in [3.8, 4) is 0 Å². The van der Waals surface area contributed by atoms with Gasteiger partial charge < -0.3 is 41.6 Å². The first-order valence-corrected chi connectivity index (χ1v) is 13.3. The van der Waals surface area contributed by atoms with Gasteiger partial charge in [-0.2, -0.15) is 13.8 Å². The van der Waals surface area contributed by atoms with Gasteiger partial charge in [0.25, 0.3) is 5.56 Å². The molecule has 14 nitrogen and oxygen atoms in total. The average molecular weight is 515 g/mol. The van der Waals surface area contributed by atoms with E-state index in [-0.39, 0.29) is 23.5 Å². The summed E-state index contributed by atoms with van der Waals surface area (Å²) in [7, 11) is -13.0. The van der Waals surface area contributed by atoms with Crippen LogP contribution in [0.5, 0.6) is 0 Å². The molecule has 2 aromatic rings. The number of imidazole rings is 1. The fraction of sp³-hybridized carbons (Fsp3) is 0.417. The fourth-order valence-corrected chi connectivity index (χ4v) is 6.72. The van der Waals surface area contributed by atoms with Crippen LogP contribution < -0.4 is 11.3 Å². The van der Waals surface area contributed by atoms with Crippen molar-refractivity contribution in [3.05, 3.63) is 28.8 Å². The van der Waals surface area contributed by atoms with E-state index in [0.717, 1.165) is 0 Å². The maximum absolute atomic E-state index is 13.5. The molecular weight excluding hydrogens is 500 g/mol. The molecule has 6 N–H and O–H groups in total. The highest BCUT2D eigenvalue weighted by Crippen LogP contribution is 2.77. The van der Waals surface area contributed by atoms with Crippen LogP contribution in [-0.4, -0.2) is 53.8 Å². The molecule has 2 aromatic heterocycles. The Hall–Kier alpha value is -1.70. The number of nitrogen functional groups attached to an aromatic ring is 1. The molecule has 2 heterocycles. The minimum Gasteiger partial charge on any atom is -0.443 e. The number of hydrogen-bond acceptors (Lipinski definition) is 9. The molecule has 1 unspecified atom stereocenters. The molecule has 1 aliphatic rings. The van der Waals surface area contributed by atoms with E-state index < -0.39 is 52.2 Å². The van der Waals surface area contributed by atoms with Gasteiger partial charge in [-0.15, -0.1) is 0 Å². The first-order chi connectivity index (χ1) is 14.5. The van der Waals surface area contributed by atoms with Crippen molar-refractivity contribution >= 4 is 47.3 Å². The highest BCUT2D eigenvalue weighted by Gasteiger charge is 2.65. The van der Waals surface area contributed by atoms with Crippen LogP contribution in [0.4, 0.5) is 14.7 Å². The topological polar surface area (TPSA) is 220 Å². The fourth-order valence-electron chi connectivity index (χ4n) is 2.86. The van der Waals surface area contributed by atoms with Gasteiger partial charge in [0.2, 0.25) is 5.95 Å². The lowest BCUT2D eigenvalue weighted by Gasteiger charge is -2.32. The number of nitrogens with zero attached hydrogens (tertiary/aromatic N) is 3. The third kappa shape index (κ3) is 4.80. The van der Waals surface area contributed by atoms with Crippen LogP contribution in [0.25, 0.3) is 11.2 Å². The molecule has 0 aromatic carbocycles. The molecule has 0 saturated heterocycles. The van der Waals surface area contributed by atoms with Crippen LogP contribution in [0.3, 0.4) is 0 Å². The number of fused-ring (bicyclic) bond motifs is 1. The van der Waals surface area contributed by atoms with Crippen molar-refractivity contribution in [2.75, 3.05) is 12.3 Å². The zero-order valence-electron chi connectivity index (χ0n) is 15.7. The highest BCUT2D eigenvalue weighted by molar-refractivity contribution is 7.86. The van der Waals surface area contributed by atoms with Gasteiger partial charge in [-0.1, -0.05) is 12.2 Å². The van der Waals surface area contributed by atoms with Crippen LogP contribution in [0, 0.1) is 5.92 Å². The number of nitrogens with one attached hydrogen (secondary N) is 1. The van der Waals surface area contributed by atoms with Gasteiger partial charge in [0.1, 0.15) is 0 Å². The number of aromatic amines is 1. The predicted octanol–water partition coefficient (Wildman–Crippen LogP) is 1.04. The first kappa shape index (κ1) is 24.9. The number of nitrogens with two attached hydrogens (primary N) is 1. The van der Waals surface area contributed by atoms with Gasteiger partial charge in [-0.3, -0.25) is 23.2 Å². The van der Waals surface area contributed by atoms with E-state index in [1.54, 1.807) is 12.2 Å². The molecule has 0 bridgehead atoms. The van der Waals surface area contributed by atoms with E-state index in [0.29, 0.717) is 0 Å². The monoisotopic (exact) mass is 515 g/mol. The summed E-state index contributed by atoms with van der Waals surface area (Å²) in [6.45, 7) is -0.523. The maximum Gasteiger partial charge on any atom is 0.444 e. The van der Waals surface area contributed by atoms with Crippen molar-refractivity contribution in [1.29, 1.82) is 0 Å². The van der Waals surface area contributed by atoms with Gasteiger partial charge in [-0.05, 0) is 6.42 Å². The molecule has 0 spiro atoms. The molecule has 3 radical (unpaired) electrons. The summed E-state index contributed by atoms with van der Waals surface area (Å²) in [6.07, 6.45) is 4.80. The summed E-state index contributed by atoms with van der Waals surface area (Å²) >= 11 is 0. The van der Waals surface area contributed by atoms with Crippen molar-refractivity contribution in [1.82, 2.24) is 19.5 Å². The van der Waals surface area contributed by atoms with Gasteiger partial charge >= 0.3 is 20.6 Å². The quantitative estimate of drug-likeness (QED) is 0.189.